The second-order valence-corrected chi connectivity index (χ2v) is 13.0. The van der Waals surface area contributed by atoms with Crippen molar-refractivity contribution in [3.05, 3.63) is 41.2 Å². The molecule has 0 saturated heterocycles. The molecule has 23 heavy (non-hydrogen) atoms. The van der Waals surface area contributed by atoms with Gasteiger partial charge in [-0.3, -0.25) is 0 Å². The molecular weight excluding hydrogens is 322 g/mol. The van der Waals surface area contributed by atoms with Crippen LogP contribution < -0.4 is 0 Å². The fourth-order valence-corrected chi connectivity index (χ4v) is 3.88. The summed E-state index contributed by atoms with van der Waals surface area (Å²) in [5, 5.41) is 3.20. The Morgan fingerprint density at radius 1 is 1.22 bits per heavy atom. The van der Waals surface area contributed by atoms with E-state index in [4.69, 9.17) is 16.0 Å². The summed E-state index contributed by atoms with van der Waals surface area (Å²) in [7, 11) is -1.69. The molecule has 0 spiro atoms. The van der Waals surface area contributed by atoms with E-state index in [9.17, 15) is 0 Å². The minimum Gasteiger partial charge on any atom is -0.417 e. The van der Waals surface area contributed by atoms with Gasteiger partial charge in [0, 0.05) is 23.8 Å². The van der Waals surface area contributed by atoms with E-state index >= 15 is 0 Å². The molecule has 126 valence electrons. The monoisotopic (exact) mass is 349 g/mol. The third kappa shape index (κ3) is 4.14. The van der Waals surface area contributed by atoms with Gasteiger partial charge >= 0.3 is 0 Å². The van der Waals surface area contributed by atoms with Crippen molar-refractivity contribution in [1.82, 2.24) is 4.98 Å². The fraction of sp³-hybridized carbons (Fsp3) is 0.526. The third-order valence-corrected chi connectivity index (χ3v) is 9.94. The first-order valence-corrected chi connectivity index (χ1v) is 11.6. The number of fused-ring (bicyclic) bond motifs is 1. The predicted octanol–water partition coefficient (Wildman–Crippen LogP) is 6.40. The summed E-state index contributed by atoms with van der Waals surface area (Å²) in [6.07, 6.45) is 2.81. The quantitative estimate of drug-likeness (QED) is 0.460. The van der Waals surface area contributed by atoms with Crippen molar-refractivity contribution in [3.8, 4) is 0 Å². The first-order chi connectivity index (χ1) is 10.6. The normalized spacial score (nSPS) is 14.2. The van der Waals surface area contributed by atoms with Crippen LogP contribution in [0.4, 0.5) is 0 Å². The van der Waals surface area contributed by atoms with Gasteiger partial charge in [-0.15, -0.1) is 0 Å². The largest absolute Gasteiger partial charge is 0.417 e. The highest BCUT2D eigenvalue weighted by Gasteiger charge is 2.37. The first-order valence-electron chi connectivity index (χ1n) is 8.30. The van der Waals surface area contributed by atoms with Crippen molar-refractivity contribution >= 4 is 30.7 Å². The summed E-state index contributed by atoms with van der Waals surface area (Å²) in [5.41, 5.74) is 1.14. The van der Waals surface area contributed by atoms with Gasteiger partial charge in [-0.2, -0.15) is 0 Å². The molecule has 4 heteroatoms. The van der Waals surface area contributed by atoms with Crippen LogP contribution in [0.15, 0.2) is 30.5 Å². The molecule has 1 unspecified atom stereocenters. The van der Waals surface area contributed by atoms with Crippen LogP contribution in [0, 0.1) is 0 Å². The fourth-order valence-electron chi connectivity index (χ4n) is 2.48. The average Bonchev–Trinajstić information content (AvgIpc) is 2.45. The zero-order chi connectivity index (χ0) is 17.3. The van der Waals surface area contributed by atoms with Crippen molar-refractivity contribution in [3.63, 3.8) is 0 Å². The van der Waals surface area contributed by atoms with Crippen molar-refractivity contribution < 1.29 is 4.43 Å². The molecule has 1 aromatic heterocycles. The van der Waals surface area contributed by atoms with Crippen molar-refractivity contribution in [1.29, 1.82) is 0 Å². The Balaban J connectivity index is 2.13. The van der Waals surface area contributed by atoms with Crippen LogP contribution in [-0.4, -0.2) is 19.9 Å². The van der Waals surface area contributed by atoms with Crippen LogP contribution in [0.25, 0.3) is 10.8 Å². The molecule has 0 aliphatic rings. The molecule has 0 bridgehead atoms. The van der Waals surface area contributed by atoms with E-state index in [0.29, 0.717) is 11.1 Å². The number of rotatable bonds is 5. The van der Waals surface area contributed by atoms with Crippen LogP contribution in [0.2, 0.25) is 23.3 Å². The van der Waals surface area contributed by atoms with Crippen LogP contribution >= 0.6 is 11.6 Å². The zero-order valence-corrected chi connectivity index (χ0v) is 16.9. The summed E-state index contributed by atoms with van der Waals surface area (Å²) in [4.78, 5) is 4.36. The highest BCUT2D eigenvalue weighted by Crippen LogP contribution is 2.37. The summed E-state index contributed by atoms with van der Waals surface area (Å²) in [5.74, 6) is 0.325. The summed E-state index contributed by atoms with van der Waals surface area (Å²) >= 11 is 6.40. The van der Waals surface area contributed by atoms with Crippen LogP contribution in [0.5, 0.6) is 0 Å². The number of halogens is 1. The van der Waals surface area contributed by atoms with Crippen molar-refractivity contribution in [2.45, 2.75) is 58.2 Å². The molecule has 2 nitrogen and oxygen atoms in total. The lowest BCUT2D eigenvalue weighted by Crippen LogP contribution is -2.41. The van der Waals surface area contributed by atoms with Gasteiger partial charge in [0.1, 0.15) is 5.15 Å². The molecule has 0 amide bonds. The molecule has 1 aromatic carbocycles. The molecule has 0 N–H and O–H groups in total. The maximum atomic E-state index is 6.40. The van der Waals surface area contributed by atoms with Crippen molar-refractivity contribution in [2.75, 3.05) is 6.61 Å². The van der Waals surface area contributed by atoms with E-state index in [-0.39, 0.29) is 5.04 Å². The minimum absolute atomic E-state index is 0.245. The van der Waals surface area contributed by atoms with Gasteiger partial charge < -0.3 is 4.43 Å². The predicted molar refractivity (Wildman–Crippen MR) is 103 cm³/mol. The first kappa shape index (κ1) is 18.4. The lowest BCUT2D eigenvalue weighted by atomic mass is 9.95. The van der Waals surface area contributed by atoms with Gasteiger partial charge in [0.2, 0.25) is 0 Å². The summed E-state index contributed by atoms with van der Waals surface area (Å²) in [6, 6.07) is 8.30. The molecule has 0 radical (unpaired) electrons. The maximum Gasteiger partial charge on any atom is 0.191 e. The van der Waals surface area contributed by atoms with E-state index < -0.39 is 8.32 Å². The maximum absolute atomic E-state index is 6.40. The molecule has 0 fully saturated rings. The van der Waals surface area contributed by atoms with Gasteiger partial charge in [-0.05, 0) is 35.9 Å². The van der Waals surface area contributed by atoms with Gasteiger partial charge in [-0.1, -0.05) is 63.6 Å². The minimum atomic E-state index is -1.69. The van der Waals surface area contributed by atoms with E-state index in [2.05, 4.69) is 64.0 Å². The van der Waals surface area contributed by atoms with Crippen LogP contribution in [0.1, 0.15) is 45.6 Å². The van der Waals surface area contributed by atoms with E-state index in [1.54, 1.807) is 0 Å². The molecule has 1 heterocycles. The Bertz CT molecular complexity index is 679. The number of pyridine rings is 1. The lowest BCUT2D eigenvalue weighted by Gasteiger charge is -2.36. The SMILES string of the molecule is CC(CCO[Si](C)(C)C(C)(C)C)c1c(Cl)ncc2ccccc12. The van der Waals surface area contributed by atoms with Crippen LogP contribution in [-0.2, 0) is 4.43 Å². The van der Waals surface area contributed by atoms with Gasteiger partial charge in [0.15, 0.2) is 8.32 Å². The van der Waals surface area contributed by atoms with Gasteiger partial charge in [-0.25, -0.2) is 4.98 Å². The zero-order valence-electron chi connectivity index (χ0n) is 15.1. The highest BCUT2D eigenvalue weighted by atomic mass is 35.5. The van der Waals surface area contributed by atoms with Crippen molar-refractivity contribution in [2.24, 2.45) is 0 Å². The second-order valence-electron chi connectivity index (χ2n) is 7.85. The molecule has 2 rings (SSSR count). The van der Waals surface area contributed by atoms with E-state index in [1.807, 2.05) is 12.3 Å². The number of hydrogen-bond donors (Lipinski definition) is 0. The average molecular weight is 350 g/mol. The standard InChI is InChI=1S/C19H28ClNOSi/c1-14(11-12-22-23(5,6)19(2,3)4)17-16-10-8-7-9-15(16)13-21-18(17)20/h7-10,13-14H,11-12H2,1-6H3. The molecule has 0 saturated carbocycles. The van der Waals surface area contributed by atoms with Crippen LogP contribution in [0.3, 0.4) is 0 Å². The summed E-state index contributed by atoms with van der Waals surface area (Å²) in [6.45, 7) is 14.4. The van der Waals surface area contributed by atoms with Gasteiger partial charge in [0.25, 0.3) is 0 Å². The third-order valence-electron chi connectivity index (χ3n) is 5.10. The number of aromatic nitrogens is 1. The Labute approximate surface area is 146 Å². The Kier molecular flexibility index (Phi) is 5.54. The second kappa shape index (κ2) is 6.92. The van der Waals surface area contributed by atoms with E-state index in [0.717, 1.165) is 24.0 Å². The Hall–Kier alpha value is -0.903. The Morgan fingerprint density at radius 3 is 2.52 bits per heavy atom. The molecular formula is C19H28ClNOSi. The Morgan fingerprint density at radius 2 is 1.87 bits per heavy atom. The topological polar surface area (TPSA) is 22.1 Å². The molecule has 1 atom stereocenters. The smallest absolute Gasteiger partial charge is 0.191 e. The number of benzene rings is 1. The molecule has 0 aliphatic carbocycles. The number of hydrogen-bond acceptors (Lipinski definition) is 2. The molecule has 0 aliphatic heterocycles. The lowest BCUT2D eigenvalue weighted by molar-refractivity contribution is 0.274. The molecule has 2 aromatic rings. The number of nitrogens with zero attached hydrogens (tertiary/aromatic N) is 1. The highest BCUT2D eigenvalue weighted by molar-refractivity contribution is 6.74. The van der Waals surface area contributed by atoms with E-state index in [1.165, 1.54) is 5.39 Å². The summed E-state index contributed by atoms with van der Waals surface area (Å²) < 4.78 is 6.31. The van der Waals surface area contributed by atoms with Gasteiger partial charge in [0.05, 0.1) is 0 Å².